The summed E-state index contributed by atoms with van der Waals surface area (Å²) in [4.78, 5) is 22.0. The Morgan fingerprint density at radius 3 is 2.53 bits per heavy atom. The molecule has 1 aliphatic rings. The fourth-order valence-electron chi connectivity index (χ4n) is 1.44. The second kappa shape index (κ2) is 4.88. The summed E-state index contributed by atoms with van der Waals surface area (Å²) in [6.45, 7) is 1.74. The number of rotatable bonds is 6. The number of carbonyl (C=O) groups excluding carboxylic acids is 1. The molecule has 0 spiro atoms. The van der Waals surface area contributed by atoms with Crippen LogP contribution in [0.3, 0.4) is 0 Å². The summed E-state index contributed by atoms with van der Waals surface area (Å²) in [6, 6.07) is 0. The van der Waals surface area contributed by atoms with Crippen LogP contribution < -0.4 is 0 Å². The van der Waals surface area contributed by atoms with Gasteiger partial charge in [-0.1, -0.05) is 0 Å². The summed E-state index contributed by atoms with van der Waals surface area (Å²) in [5, 5.41) is 9.13. The molecule has 1 fully saturated rings. The van der Waals surface area contributed by atoms with Crippen LogP contribution in [0, 0.1) is 5.92 Å². The van der Waals surface area contributed by atoms with E-state index >= 15 is 0 Å². The second-order valence-corrected chi connectivity index (χ2v) is 5.41. The van der Waals surface area contributed by atoms with Crippen LogP contribution in [-0.2, 0) is 14.3 Å². The largest absolute Gasteiger partial charge is 0.480 e. The van der Waals surface area contributed by atoms with Crippen LogP contribution >= 0.6 is 11.8 Å². The number of carbonyl (C=O) groups is 2. The number of esters is 1. The van der Waals surface area contributed by atoms with E-state index in [4.69, 9.17) is 5.11 Å². The first-order valence-electron chi connectivity index (χ1n) is 4.95. The molecule has 1 aliphatic carbocycles. The number of hydrogen-bond donors (Lipinski definition) is 1. The Hall–Kier alpha value is -0.710. The van der Waals surface area contributed by atoms with Gasteiger partial charge in [0, 0.05) is 5.75 Å². The smallest absolute Gasteiger partial charge is 0.319 e. The first kappa shape index (κ1) is 12.4. The van der Waals surface area contributed by atoms with Crippen LogP contribution in [-0.4, -0.2) is 34.7 Å². The number of ether oxygens (including phenoxy) is 1. The number of thioether (sulfide) groups is 1. The van der Waals surface area contributed by atoms with E-state index in [2.05, 4.69) is 4.74 Å². The van der Waals surface area contributed by atoms with Gasteiger partial charge < -0.3 is 9.84 Å². The lowest BCUT2D eigenvalue weighted by Crippen LogP contribution is -2.34. The van der Waals surface area contributed by atoms with Gasteiger partial charge in [0.25, 0.3) is 0 Å². The number of carboxylic acid groups (broad SMARTS) is 1. The molecule has 0 aromatic heterocycles. The summed E-state index contributed by atoms with van der Waals surface area (Å²) in [5.74, 6) is -0.296. The predicted molar refractivity (Wildman–Crippen MR) is 57.9 cm³/mol. The van der Waals surface area contributed by atoms with Gasteiger partial charge in [-0.3, -0.25) is 9.59 Å². The SMILES string of the molecule is COC(=O)CCSC(C)(C(=O)O)C1CC1. The van der Waals surface area contributed by atoms with Crippen molar-refractivity contribution in [3.05, 3.63) is 0 Å². The topological polar surface area (TPSA) is 63.6 Å². The average Bonchev–Trinajstić information content (AvgIpc) is 3.00. The van der Waals surface area contributed by atoms with Gasteiger partial charge in [0.1, 0.15) is 4.75 Å². The van der Waals surface area contributed by atoms with Gasteiger partial charge in [-0.15, -0.1) is 11.8 Å². The first-order chi connectivity index (χ1) is 7.00. The molecule has 0 bridgehead atoms. The highest BCUT2D eigenvalue weighted by Crippen LogP contribution is 2.47. The van der Waals surface area contributed by atoms with Crippen molar-refractivity contribution in [2.24, 2.45) is 5.92 Å². The molecule has 1 rings (SSSR count). The Labute approximate surface area is 93.4 Å². The molecule has 1 atom stereocenters. The van der Waals surface area contributed by atoms with Crippen molar-refractivity contribution in [3.8, 4) is 0 Å². The highest BCUT2D eigenvalue weighted by atomic mass is 32.2. The van der Waals surface area contributed by atoms with Crippen molar-refractivity contribution in [1.82, 2.24) is 0 Å². The van der Waals surface area contributed by atoms with Crippen molar-refractivity contribution >= 4 is 23.7 Å². The maximum absolute atomic E-state index is 11.1. The van der Waals surface area contributed by atoms with Crippen molar-refractivity contribution in [2.75, 3.05) is 12.9 Å². The Morgan fingerprint density at radius 2 is 2.13 bits per heavy atom. The molecule has 1 saturated carbocycles. The number of methoxy groups -OCH3 is 1. The van der Waals surface area contributed by atoms with Gasteiger partial charge in [0.2, 0.25) is 0 Å². The minimum Gasteiger partial charge on any atom is -0.480 e. The summed E-state index contributed by atoms with van der Waals surface area (Å²) >= 11 is 1.35. The molecule has 86 valence electrons. The van der Waals surface area contributed by atoms with Gasteiger partial charge >= 0.3 is 11.9 Å². The van der Waals surface area contributed by atoms with Crippen molar-refractivity contribution in [2.45, 2.75) is 30.9 Å². The lowest BCUT2D eigenvalue weighted by atomic mass is 10.1. The van der Waals surface area contributed by atoms with Crippen molar-refractivity contribution in [3.63, 3.8) is 0 Å². The maximum Gasteiger partial charge on any atom is 0.319 e. The fourth-order valence-corrected chi connectivity index (χ4v) is 2.72. The minimum atomic E-state index is -0.778. The molecule has 0 saturated heterocycles. The third kappa shape index (κ3) is 3.12. The highest BCUT2D eigenvalue weighted by molar-refractivity contribution is 8.01. The standard InChI is InChI=1S/C10H16O4S/c1-10(9(12)13,7-3-4-7)15-6-5-8(11)14-2/h7H,3-6H2,1-2H3,(H,12,13). The second-order valence-electron chi connectivity index (χ2n) is 3.86. The molecule has 0 aromatic carbocycles. The zero-order chi connectivity index (χ0) is 11.5. The van der Waals surface area contributed by atoms with Crippen molar-refractivity contribution < 1.29 is 19.4 Å². The molecule has 15 heavy (non-hydrogen) atoms. The molecule has 1 unspecified atom stereocenters. The highest BCUT2D eigenvalue weighted by Gasteiger charge is 2.47. The third-order valence-electron chi connectivity index (χ3n) is 2.72. The average molecular weight is 232 g/mol. The molecule has 0 aliphatic heterocycles. The van der Waals surface area contributed by atoms with Crippen LogP contribution in [0.5, 0.6) is 0 Å². The third-order valence-corrected chi connectivity index (χ3v) is 4.23. The minimum absolute atomic E-state index is 0.262. The lowest BCUT2D eigenvalue weighted by Gasteiger charge is -2.23. The van der Waals surface area contributed by atoms with E-state index in [9.17, 15) is 9.59 Å². The van der Waals surface area contributed by atoms with Gasteiger partial charge in [0.05, 0.1) is 13.5 Å². The molecule has 0 amide bonds. The summed E-state index contributed by atoms with van der Waals surface area (Å²) in [7, 11) is 1.34. The lowest BCUT2D eigenvalue weighted by molar-refractivity contribution is -0.141. The van der Waals surface area contributed by atoms with Crippen LogP contribution in [0.25, 0.3) is 0 Å². The van der Waals surface area contributed by atoms with E-state index in [0.717, 1.165) is 12.8 Å². The summed E-state index contributed by atoms with van der Waals surface area (Å²) in [5.41, 5.74) is 0. The Bertz CT molecular complexity index is 262. The number of aliphatic carboxylic acids is 1. The molecule has 1 N–H and O–H groups in total. The Kier molecular flexibility index (Phi) is 4.02. The molecule has 0 radical (unpaired) electrons. The number of carboxylic acids is 1. The normalized spacial score (nSPS) is 19.3. The summed E-state index contributed by atoms with van der Waals surface area (Å²) in [6.07, 6.45) is 2.23. The first-order valence-corrected chi connectivity index (χ1v) is 5.93. The predicted octanol–water partition coefficient (Wildman–Crippen LogP) is 1.54. The quantitative estimate of drug-likeness (QED) is 0.704. The van der Waals surface area contributed by atoms with E-state index in [1.807, 2.05) is 0 Å². The monoisotopic (exact) mass is 232 g/mol. The van der Waals surface area contributed by atoms with E-state index in [-0.39, 0.29) is 18.3 Å². The van der Waals surface area contributed by atoms with Gasteiger partial charge in [-0.2, -0.15) is 0 Å². The fraction of sp³-hybridized carbons (Fsp3) is 0.800. The van der Waals surface area contributed by atoms with Gasteiger partial charge in [0.15, 0.2) is 0 Å². The summed E-state index contributed by atoms with van der Waals surface area (Å²) < 4.78 is 3.77. The molecule has 0 aromatic rings. The Balaban J connectivity index is 2.39. The van der Waals surface area contributed by atoms with Crippen LogP contribution in [0.2, 0.25) is 0 Å². The Morgan fingerprint density at radius 1 is 1.53 bits per heavy atom. The molecular formula is C10H16O4S. The molecule has 0 heterocycles. The molecule has 5 heteroatoms. The molecular weight excluding hydrogens is 216 g/mol. The van der Waals surface area contributed by atoms with E-state index in [1.54, 1.807) is 6.92 Å². The number of hydrogen-bond acceptors (Lipinski definition) is 4. The van der Waals surface area contributed by atoms with E-state index in [1.165, 1.54) is 18.9 Å². The zero-order valence-electron chi connectivity index (χ0n) is 8.99. The van der Waals surface area contributed by atoms with Crippen molar-refractivity contribution in [1.29, 1.82) is 0 Å². The van der Waals surface area contributed by atoms with Crippen LogP contribution in [0.1, 0.15) is 26.2 Å². The van der Waals surface area contributed by atoms with E-state index in [0.29, 0.717) is 5.75 Å². The maximum atomic E-state index is 11.1. The van der Waals surface area contributed by atoms with Gasteiger partial charge in [-0.25, -0.2) is 0 Å². The zero-order valence-corrected chi connectivity index (χ0v) is 9.80. The van der Waals surface area contributed by atoms with Gasteiger partial charge in [-0.05, 0) is 25.7 Å². The van der Waals surface area contributed by atoms with E-state index < -0.39 is 10.7 Å². The molecule has 4 nitrogen and oxygen atoms in total. The van der Waals surface area contributed by atoms with Crippen LogP contribution in [0.4, 0.5) is 0 Å². The van der Waals surface area contributed by atoms with Crippen LogP contribution in [0.15, 0.2) is 0 Å².